The van der Waals surface area contributed by atoms with Gasteiger partial charge < -0.3 is 0 Å². The number of hydrogen-bond donors (Lipinski definition) is 0. The van der Waals surface area contributed by atoms with Gasteiger partial charge in [0.05, 0.1) is 0 Å². The summed E-state index contributed by atoms with van der Waals surface area (Å²) in [7, 11) is 0. The van der Waals surface area contributed by atoms with Crippen molar-refractivity contribution in [2.24, 2.45) is 0 Å². The standard InChI is InChI=1S/C16H15BrCl2/c1-11-6-7-12(16(19)8-11)9-13(10-17)14-4-2-3-5-15(14)18/h2-8,13H,9-10H2,1H3. The molecule has 0 aliphatic carbocycles. The van der Waals surface area contributed by atoms with E-state index in [-0.39, 0.29) is 0 Å². The predicted octanol–water partition coefficient (Wildman–Crippen LogP) is 6.02. The highest BCUT2D eigenvalue weighted by atomic mass is 79.9. The van der Waals surface area contributed by atoms with E-state index in [0.717, 1.165) is 32.9 Å². The molecule has 0 heterocycles. The van der Waals surface area contributed by atoms with Crippen molar-refractivity contribution in [2.75, 3.05) is 5.33 Å². The average molecular weight is 358 g/mol. The van der Waals surface area contributed by atoms with E-state index in [1.807, 2.05) is 31.2 Å². The van der Waals surface area contributed by atoms with E-state index in [9.17, 15) is 0 Å². The van der Waals surface area contributed by atoms with Gasteiger partial charge in [-0.15, -0.1) is 0 Å². The Morgan fingerprint density at radius 3 is 2.42 bits per heavy atom. The van der Waals surface area contributed by atoms with Crippen molar-refractivity contribution >= 4 is 39.1 Å². The van der Waals surface area contributed by atoms with Gasteiger partial charge in [-0.1, -0.05) is 69.5 Å². The summed E-state index contributed by atoms with van der Waals surface area (Å²) in [5.41, 5.74) is 3.51. The summed E-state index contributed by atoms with van der Waals surface area (Å²) in [4.78, 5) is 0. The van der Waals surface area contributed by atoms with Crippen LogP contribution in [0.5, 0.6) is 0 Å². The number of benzene rings is 2. The van der Waals surface area contributed by atoms with Gasteiger partial charge in [-0.2, -0.15) is 0 Å². The highest BCUT2D eigenvalue weighted by molar-refractivity contribution is 9.09. The Balaban J connectivity index is 2.27. The topological polar surface area (TPSA) is 0 Å². The molecule has 0 amide bonds. The number of rotatable bonds is 4. The van der Waals surface area contributed by atoms with Gasteiger partial charge in [0, 0.05) is 15.4 Å². The lowest BCUT2D eigenvalue weighted by Gasteiger charge is -2.17. The minimum Gasteiger partial charge on any atom is -0.0921 e. The molecule has 0 radical (unpaired) electrons. The van der Waals surface area contributed by atoms with E-state index in [1.54, 1.807) is 0 Å². The van der Waals surface area contributed by atoms with Gasteiger partial charge >= 0.3 is 0 Å². The van der Waals surface area contributed by atoms with Crippen LogP contribution in [0.15, 0.2) is 42.5 Å². The van der Waals surface area contributed by atoms with Gasteiger partial charge in [-0.05, 0) is 48.1 Å². The van der Waals surface area contributed by atoms with E-state index in [2.05, 4.69) is 34.1 Å². The molecule has 1 unspecified atom stereocenters. The number of halogens is 3. The molecule has 0 aliphatic heterocycles. The average Bonchev–Trinajstić information content (AvgIpc) is 2.39. The Labute approximate surface area is 132 Å². The first-order chi connectivity index (χ1) is 9.11. The molecular formula is C16H15BrCl2. The molecule has 0 aromatic heterocycles. The maximum absolute atomic E-state index is 6.31. The second-order valence-corrected chi connectivity index (χ2v) is 6.13. The van der Waals surface area contributed by atoms with Crippen molar-refractivity contribution < 1.29 is 0 Å². The summed E-state index contributed by atoms with van der Waals surface area (Å²) in [5.74, 6) is 0.328. The third-order valence-electron chi connectivity index (χ3n) is 3.21. The maximum Gasteiger partial charge on any atom is 0.0441 e. The molecule has 0 fully saturated rings. The van der Waals surface area contributed by atoms with Crippen LogP contribution in [0.2, 0.25) is 10.0 Å². The summed E-state index contributed by atoms with van der Waals surface area (Å²) in [5, 5.41) is 2.51. The van der Waals surface area contributed by atoms with Crippen LogP contribution < -0.4 is 0 Å². The zero-order valence-electron chi connectivity index (χ0n) is 10.7. The lowest BCUT2D eigenvalue weighted by Crippen LogP contribution is -2.05. The van der Waals surface area contributed by atoms with Crippen LogP contribution in [-0.4, -0.2) is 5.33 Å². The van der Waals surface area contributed by atoms with Crippen molar-refractivity contribution in [3.8, 4) is 0 Å². The lowest BCUT2D eigenvalue weighted by atomic mass is 9.93. The molecular weight excluding hydrogens is 343 g/mol. The van der Waals surface area contributed by atoms with Crippen molar-refractivity contribution in [2.45, 2.75) is 19.3 Å². The summed E-state index contributed by atoms with van der Waals surface area (Å²) in [6.45, 7) is 2.05. The van der Waals surface area contributed by atoms with Crippen LogP contribution in [0, 0.1) is 6.92 Å². The van der Waals surface area contributed by atoms with Crippen LogP contribution in [0.3, 0.4) is 0 Å². The molecule has 2 rings (SSSR count). The molecule has 0 aliphatic rings. The van der Waals surface area contributed by atoms with Crippen LogP contribution in [0.1, 0.15) is 22.6 Å². The Morgan fingerprint density at radius 1 is 1.05 bits per heavy atom. The molecule has 100 valence electrons. The summed E-state index contributed by atoms with van der Waals surface area (Å²) in [6, 6.07) is 14.2. The zero-order valence-corrected chi connectivity index (χ0v) is 13.8. The largest absolute Gasteiger partial charge is 0.0921 e. The first kappa shape index (κ1) is 14.9. The monoisotopic (exact) mass is 356 g/mol. The molecule has 2 aromatic carbocycles. The molecule has 1 atom stereocenters. The summed E-state index contributed by atoms with van der Waals surface area (Å²) >= 11 is 16.2. The first-order valence-corrected chi connectivity index (χ1v) is 8.05. The number of alkyl halides is 1. The van der Waals surface area contributed by atoms with Crippen LogP contribution >= 0.6 is 39.1 Å². The van der Waals surface area contributed by atoms with E-state index < -0.39 is 0 Å². The fraction of sp³-hybridized carbons (Fsp3) is 0.250. The SMILES string of the molecule is Cc1ccc(CC(CBr)c2ccccc2Cl)c(Cl)c1. The van der Waals surface area contributed by atoms with Crippen LogP contribution in [0.25, 0.3) is 0 Å². The van der Waals surface area contributed by atoms with E-state index in [0.29, 0.717) is 5.92 Å². The van der Waals surface area contributed by atoms with Gasteiger partial charge in [0.15, 0.2) is 0 Å². The van der Waals surface area contributed by atoms with Gasteiger partial charge in [0.1, 0.15) is 0 Å². The van der Waals surface area contributed by atoms with Gasteiger partial charge in [0.2, 0.25) is 0 Å². The number of hydrogen-bond acceptors (Lipinski definition) is 0. The lowest BCUT2D eigenvalue weighted by molar-refractivity contribution is 0.776. The Hall–Kier alpha value is -0.500. The van der Waals surface area contributed by atoms with Gasteiger partial charge in [-0.25, -0.2) is 0 Å². The molecule has 2 aromatic rings. The molecule has 0 bridgehead atoms. The smallest absolute Gasteiger partial charge is 0.0441 e. The summed E-state index contributed by atoms with van der Waals surface area (Å²) < 4.78 is 0. The van der Waals surface area contributed by atoms with Crippen LogP contribution in [0.4, 0.5) is 0 Å². The highest BCUT2D eigenvalue weighted by Gasteiger charge is 2.15. The third-order valence-corrected chi connectivity index (χ3v) is 4.68. The Morgan fingerprint density at radius 2 is 1.79 bits per heavy atom. The van der Waals surface area contributed by atoms with E-state index in [1.165, 1.54) is 5.56 Å². The van der Waals surface area contributed by atoms with Gasteiger partial charge in [0.25, 0.3) is 0 Å². The Kier molecular flexibility index (Phi) is 5.32. The predicted molar refractivity (Wildman–Crippen MR) is 87.9 cm³/mol. The summed E-state index contributed by atoms with van der Waals surface area (Å²) in [6.07, 6.45) is 0.883. The van der Waals surface area contributed by atoms with Crippen LogP contribution in [-0.2, 0) is 6.42 Å². The first-order valence-electron chi connectivity index (χ1n) is 6.17. The molecule has 3 heteroatoms. The van der Waals surface area contributed by atoms with Crippen molar-refractivity contribution in [1.29, 1.82) is 0 Å². The number of aryl methyl sites for hydroxylation is 1. The quantitative estimate of drug-likeness (QED) is 0.586. The second-order valence-electron chi connectivity index (χ2n) is 4.67. The molecule has 0 nitrogen and oxygen atoms in total. The minimum atomic E-state index is 0.328. The van der Waals surface area contributed by atoms with E-state index >= 15 is 0 Å². The second kappa shape index (κ2) is 6.78. The van der Waals surface area contributed by atoms with Gasteiger partial charge in [-0.3, -0.25) is 0 Å². The van der Waals surface area contributed by atoms with Crippen molar-refractivity contribution in [3.63, 3.8) is 0 Å². The molecule has 0 saturated carbocycles. The molecule has 19 heavy (non-hydrogen) atoms. The van der Waals surface area contributed by atoms with E-state index in [4.69, 9.17) is 23.2 Å². The fourth-order valence-electron chi connectivity index (χ4n) is 2.14. The molecule has 0 spiro atoms. The van der Waals surface area contributed by atoms with Crippen molar-refractivity contribution in [1.82, 2.24) is 0 Å². The highest BCUT2D eigenvalue weighted by Crippen LogP contribution is 2.31. The van der Waals surface area contributed by atoms with Crippen molar-refractivity contribution in [3.05, 3.63) is 69.2 Å². The molecule has 0 saturated heterocycles. The minimum absolute atomic E-state index is 0.328. The normalized spacial score (nSPS) is 12.4. The Bertz CT molecular complexity index is 566. The third kappa shape index (κ3) is 3.75. The fourth-order valence-corrected chi connectivity index (χ4v) is 3.32. The zero-order chi connectivity index (χ0) is 13.8. The maximum atomic E-state index is 6.31. The molecule has 0 N–H and O–H groups in total.